The molecule has 0 saturated carbocycles. The van der Waals surface area contributed by atoms with Crippen LogP contribution in [0.2, 0.25) is 0 Å². The van der Waals surface area contributed by atoms with Crippen molar-refractivity contribution in [2.24, 2.45) is 0 Å². The fraction of sp³-hybridized carbons (Fsp3) is 0.273. The van der Waals surface area contributed by atoms with Crippen molar-refractivity contribution in [1.29, 1.82) is 0 Å². The van der Waals surface area contributed by atoms with Crippen LogP contribution in [0.3, 0.4) is 0 Å². The van der Waals surface area contributed by atoms with Gasteiger partial charge in [-0.1, -0.05) is 6.07 Å². The Labute approximate surface area is 170 Å². The molecule has 2 N–H and O–H groups in total. The quantitative estimate of drug-likeness (QED) is 0.606. The predicted molar refractivity (Wildman–Crippen MR) is 112 cm³/mol. The smallest absolute Gasteiger partial charge is 0.231 e. The fourth-order valence-corrected chi connectivity index (χ4v) is 2.98. The lowest BCUT2D eigenvalue weighted by molar-refractivity contribution is 0.174. The van der Waals surface area contributed by atoms with Crippen LogP contribution in [0.25, 0.3) is 0 Å². The van der Waals surface area contributed by atoms with Crippen LogP contribution < -0.4 is 24.8 Å². The number of nitrogens with one attached hydrogen (secondary N) is 2. The molecule has 0 bridgehead atoms. The Hall–Kier alpha value is -3.48. The number of nitrogens with zero attached hydrogens (tertiary/aromatic N) is 2. The average Bonchev–Trinajstić information content (AvgIpc) is 3.15. The van der Waals surface area contributed by atoms with E-state index < -0.39 is 0 Å². The van der Waals surface area contributed by atoms with E-state index in [2.05, 4.69) is 20.6 Å². The van der Waals surface area contributed by atoms with Crippen molar-refractivity contribution in [3.05, 3.63) is 59.8 Å². The van der Waals surface area contributed by atoms with Gasteiger partial charge < -0.3 is 24.8 Å². The zero-order valence-corrected chi connectivity index (χ0v) is 16.7. The highest BCUT2D eigenvalue weighted by Crippen LogP contribution is 2.32. The van der Waals surface area contributed by atoms with E-state index in [4.69, 9.17) is 14.2 Å². The minimum Gasteiger partial charge on any atom is -0.491 e. The van der Waals surface area contributed by atoms with Crippen molar-refractivity contribution >= 4 is 17.5 Å². The zero-order chi connectivity index (χ0) is 20.2. The Morgan fingerprint density at radius 3 is 2.59 bits per heavy atom. The van der Waals surface area contributed by atoms with Crippen molar-refractivity contribution < 1.29 is 14.2 Å². The fourth-order valence-electron chi connectivity index (χ4n) is 2.98. The van der Waals surface area contributed by atoms with E-state index in [1.165, 1.54) is 0 Å². The minimum atomic E-state index is 0.146. The minimum absolute atomic E-state index is 0.146. The monoisotopic (exact) mass is 392 g/mol. The summed E-state index contributed by atoms with van der Waals surface area (Å²) in [5.74, 6) is 3.67. The molecule has 2 aromatic carbocycles. The second kappa shape index (κ2) is 8.26. The van der Waals surface area contributed by atoms with Gasteiger partial charge in [0.15, 0.2) is 11.5 Å². The summed E-state index contributed by atoms with van der Waals surface area (Å²) in [6.45, 7) is 6.85. The summed E-state index contributed by atoms with van der Waals surface area (Å²) in [4.78, 5) is 9.04. The van der Waals surface area contributed by atoms with Crippen LogP contribution in [0.1, 0.15) is 25.1 Å². The third-order valence-corrected chi connectivity index (χ3v) is 4.25. The molecule has 0 unspecified atom stereocenters. The number of rotatable bonds is 7. The molecule has 2 heterocycles. The van der Waals surface area contributed by atoms with Gasteiger partial charge in [0.25, 0.3) is 0 Å². The van der Waals surface area contributed by atoms with Crippen molar-refractivity contribution in [2.45, 2.75) is 33.4 Å². The molecule has 0 spiro atoms. The maximum Gasteiger partial charge on any atom is 0.231 e. The molecule has 0 atom stereocenters. The first-order chi connectivity index (χ1) is 14.0. The van der Waals surface area contributed by atoms with E-state index in [9.17, 15) is 0 Å². The maximum atomic E-state index is 5.67. The van der Waals surface area contributed by atoms with Gasteiger partial charge in [0, 0.05) is 24.0 Å². The van der Waals surface area contributed by atoms with Gasteiger partial charge in [0.1, 0.15) is 11.6 Å². The first-order valence-electron chi connectivity index (χ1n) is 9.57. The first-order valence-corrected chi connectivity index (χ1v) is 9.57. The Morgan fingerprint density at radius 2 is 1.79 bits per heavy atom. The first kappa shape index (κ1) is 18.9. The van der Waals surface area contributed by atoms with Gasteiger partial charge in [0.2, 0.25) is 12.7 Å². The number of hydrogen-bond donors (Lipinski definition) is 2. The van der Waals surface area contributed by atoms with Crippen molar-refractivity contribution in [2.75, 3.05) is 17.4 Å². The van der Waals surface area contributed by atoms with Gasteiger partial charge in [-0.05, 0) is 62.7 Å². The summed E-state index contributed by atoms with van der Waals surface area (Å²) < 4.78 is 16.5. The van der Waals surface area contributed by atoms with E-state index in [-0.39, 0.29) is 12.9 Å². The van der Waals surface area contributed by atoms with Crippen LogP contribution >= 0.6 is 0 Å². The Morgan fingerprint density at radius 1 is 1.00 bits per heavy atom. The van der Waals surface area contributed by atoms with Crippen molar-refractivity contribution in [3.63, 3.8) is 0 Å². The van der Waals surface area contributed by atoms with Crippen molar-refractivity contribution in [1.82, 2.24) is 9.97 Å². The largest absolute Gasteiger partial charge is 0.491 e. The Balaban J connectivity index is 1.42. The number of aromatic nitrogens is 2. The summed E-state index contributed by atoms with van der Waals surface area (Å²) in [5.41, 5.74) is 2.85. The molecular formula is C22H24N4O3. The van der Waals surface area contributed by atoms with Crippen LogP contribution in [-0.2, 0) is 6.54 Å². The molecule has 3 aromatic rings. The second-order valence-corrected chi connectivity index (χ2v) is 7.08. The van der Waals surface area contributed by atoms with Gasteiger partial charge in [0.05, 0.1) is 6.10 Å². The van der Waals surface area contributed by atoms with E-state index in [1.807, 2.05) is 69.3 Å². The Bertz CT molecular complexity index is 990. The highest BCUT2D eigenvalue weighted by atomic mass is 16.7. The molecular weight excluding hydrogens is 368 g/mol. The summed E-state index contributed by atoms with van der Waals surface area (Å²) >= 11 is 0. The number of hydrogen-bond acceptors (Lipinski definition) is 7. The summed E-state index contributed by atoms with van der Waals surface area (Å²) in [5, 5.41) is 6.59. The van der Waals surface area contributed by atoms with E-state index >= 15 is 0 Å². The van der Waals surface area contributed by atoms with Crippen LogP contribution in [0.5, 0.6) is 17.2 Å². The highest BCUT2D eigenvalue weighted by molar-refractivity contribution is 5.56. The van der Waals surface area contributed by atoms with E-state index in [0.717, 1.165) is 40.0 Å². The molecule has 29 heavy (non-hydrogen) atoms. The third kappa shape index (κ3) is 4.87. The van der Waals surface area contributed by atoms with Gasteiger partial charge in [-0.3, -0.25) is 0 Å². The molecule has 0 fully saturated rings. The molecule has 1 aliphatic heterocycles. The van der Waals surface area contributed by atoms with Crippen molar-refractivity contribution in [3.8, 4) is 17.2 Å². The summed E-state index contributed by atoms with van der Waals surface area (Å²) in [6, 6.07) is 15.6. The van der Waals surface area contributed by atoms with Gasteiger partial charge in [-0.25, -0.2) is 4.98 Å². The van der Waals surface area contributed by atoms with Gasteiger partial charge in [-0.15, -0.1) is 0 Å². The molecule has 4 rings (SSSR count). The lowest BCUT2D eigenvalue weighted by Gasteiger charge is -2.12. The lowest BCUT2D eigenvalue weighted by atomic mass is 10.2. The average molecular weight is 392 g/mol. The standard InChI is InChI=1S/C22H24N4O3/c1-14(2)29-18-7-5-17(6-8-18)25-22-24-15(3)10-21(26-22)23-12-16-4-9-19-20(11-16)28-13-27-19/h4-11,14H,12-13H2,1-3H3,(H2,23,24,25,26). The molecule has 0 saturated heterocycles. The highest BCUT2D eigenvalue weighted by Gasteiger charge is 2.13. The summed E-state index contributed by atoms with van der Waals surface area (Å²) in [6.07, 6.45) is 0.146. The SMILES string of the molecule is Cc1cc(NCc2ccc3c(c2)OCO3)nc(Nc2ccc(OC(C)C)cc2)n1. The molecule has 0 radical (unpaired) electrons. The van der Waals surface area contributed by atoms with E-state index in [1.54, 1.807) is 0 Å². The summed E-state index contributed by atoms with van der Waals surface area (Å²) in [7, 11) is 0. The van der Waals surface area contributed by atoms with E-state index in [0.29, 0.717) is 12.5 Å². The van der Waals surface area contributed by atoms with Gasteiger partial charge in [-0.2, -0.15) is 4.98 Å². The maximum absolute atomic E-state index is 5.67. The van der Waals surface area contributed by atoms with Crippen LogP contribution in [0.15, 0.2) is 48.5 Å². The second-order valence-electron chi connectivity index (χ2n) is 7.08. The molecule has 1 aliphatic rings. The number of benzene rings is 2. The Kier molecular flexibility index (Phi) is 5.37. The predicted octanol–water partition coefficient (Wildman–Crippen LogP) is 4.66. The molecule has 1 aromatic heterocycles. The van der Waals surface area contributed by atoms with Crippen LogP contribution in [0.4, 0.5) is 17.5 Å². The third-order valence-electron chi connectivity index (χ3n) is 4.25. The number of anilines is 3. The number of ether oxygens (including phenoxy) is 3. The zero-order valence-electron chi connectivity index (χ0n) is 16.7. The van der Waals surface area contributed by atoms with Gasteiger partial charge >= 0.3 is 0 Å². The topological polar surface area (TPSA) is 77.5 Å². The molecule has 0 amide bonds. The molecule has 0 aliphatic carbocycles. The lowest BCUT2D eigenvalue weighted by Crippen LogP contribution is -2.06. The number of fused-ring (bicyclic) bond motifs is 1. The normalized spacial score (nSPS) is 12.1. The number of aryl methyl sites for hydroxylation is 1. The molecule has 7 nitrogen and oxygen atoms in total. The van der Waals surface area contributed by atoms with Crippen LogP contribution in [-0.4, -0.2) is 22.9 Å². The molecule has 7 heteroatoms. The molecule has 150 valence electrons. The van der Waals surface area contributed by atoms with Crippen LogP contribution in [0, 0.1) is 6.92 Å².